The van der Waals surface area contributed by atoms with Crippen molar-refractivity contribution in [3.8, 4) is 0 Å². The number of nitrogens with zero attached hydrogens (tertiary/aromatic N) is 1. The first-order chi connectivity index (χ1) is 12.3. The minimum absolute atomic E-state index is 0.213. The number of hydrogen-bond donors (Lipinski definition) is 2. The molecule has 6 nitrogen and oxygen atoms in total. The number of sulfonamides is 1. The fourth-order valence-corrected chi connectivity index (χ4v) is 4.02. The lowest BCUT2D eigenvalue weighted by atomic mass is 10.2. The molecule has 1 atom stereocenters. The number of halogens is 2. The van der Waals surface area contributed by atoms with Crippen LogP contribution in [0.15, 0.2) is 47.6 Å². The van der Waals surface area contributed by atoms with E-state index in [1.54, 1.807) is 12.1 Å². The summed E-state index contributed by atoms with van der Waals surface area (Å²) in [6, 6.07) is 5.26. The number of nitrogens with one attached hydrogen (secondary N) is 2. The number of aromatic nitrogens is 1. The van der Waals surface area contributed by atoms with Crippen molar-refractivity contribution in [1.82, 2.24) is 9.71 Å². The number of carbonyl (C=O) groups is 1. The highest BCUT2D eigenvalue weighted by atomic mass is 35.5. The smallest absolute Gasteiger partial charge is 0.242 e. The van der Waals surface area contributed by atoms with E-state index in [1.165, 1.54) is 24.2 Å². The first-order valence-electron chi connectivity index (χ1n) is 7.50. The summed E-state index contributed by atoms with van der Waals surface area (Å²) in [5.74, 6) is -0.650. The van der Waals surface area contributed by atoms with Gasteiger partial charge in [0, 0.05) is 18.1 Å². The van der Waals surface area contributed by atoms with Gasteiger partial charge in [0.15, 0.2) is 0 Å². The Hall–Kier alpha value is -1.68. The van der Waals surface area contributed by atoms with Crippen LogP contribution in [0.2, 0.25) is 5.02 Å². The summed E-state index contributed by atoms with van der Waals surface area (Å²) in [7, 11) is -4.05. The molecular formula is C16H17ClFN3O3S2. The number of pyridine rings is 1. The van der Waals surface area contributed by atoms with Crippen molar-refractivity contribution in [2.75, 3.05) is 17.3 Å². The Morgan fingerprint density at radius 1 is 1.31 bits per heavy atom. The summed E-state index contributed by atoms with van der Waals surface area (Å²) >= 11 is 7.14. The molecule has 0 bridgehead atoms. The van der Waals surface area contributed by atoms with Gasteiger partial charge in [-0.25, -0.2) is 12.8 Å². The highest BCUT2D eigenvalue weighted by molar-refractivity contribution is 7.98. The van der Waals surface area contributed by atoms with E-state index in [9.17, 15) is 17.6 Å². The summed E-state index contributed by atoms with van der Waals surface area (Å²) in [5, 5.41) is 2.33. The molecule has 1 amide bonds. The van der Waals surface area contributed by atoms with Crippen molar-refractivity contribution >= 4 is 45.0 Å². The second-order valence-electron chi connectivity index (χ2n) is 5.26. The molecule has 26 heavy (non-hydrogen) atoms. The zero-order valence-corrected chi connectivity index (χ0v) is 16.2. The Bertz CT molecular complexity index is 866. The monoisotopic (exact) mass is 417 g/mol. The topological polar surface area (TPSA) is 88.2 Å². The largest absolute Gasteiger partial charge is 0.325 e. The lowest BCUT2D eigenvalue weighted by Gasteiger charge is -2.18. The molecule has 0 aliphatic carbocycles. The molecule has 0 saturated heterocycles. The van der Waals surface area contributed by atoms with Gasteiger partial charge in [-0.05, 0) is 48.8 Å². The Labute approximate surface area is 160 Å². The second kappa shape index (κ2) is 9.31. The van der Waals surface area contributed by atoms with Crippen LogP contribution in [-0.4, -0.2) is 37.4 Å². The van der Waals surface area contributed by atoms with E-state index in [0.29, 0.717) is 11.4 Å². The number of rotatable bonds is 8. The molecule has 1 aromatic heterocycles. The van der Waals surface area contributed by atoms with Gasteiger partial charge in [-0.1, -0.05) is 11.6 Å². The van der Waals surface area contributed by atoms with Crippen LogP contribution in [0, 0.1) is 5.82 Å². The van der Waals surface area contributed by atoms with Crippen LogP contribution in [0.1, 0.15) is 6.42 Å². The van der Waals surface area contributed by atoms with Crippen LogP contribution in [-0.2, 0) is 14.8 Å². The van der Waals surface area contributed by atoms with Crippen molar-refractivity contribution in [3.63, 3.8) is 0 Å². The minimum Gasteiger partial charge on any atom is -0.325 e. The third-order valence-electron chi connectivity index (χ3n) is 3.37. The normalized spacial score (nSPS) is 12.6. The molecule has 0 spiro atoms. The molecule has 0 radical (unpaired) electrons. The van der Waals surface area contributed by atoms with Gasteiger partial charge in [0.1, 0.15) is 11.9 Å². The third kappa shape index (κ3) is 5.66. The van der Waals surface area contributed by atoms with Gasteiger partial charge in [0.25, 0.3) is 0 Å². The zero-order valence-electron chi connectivity index (χ0n) is 13.8. The van der Waals surface area contributed by atoms with Gasteiger partial charge in [-0.2, -0.15) is 16.5 Å². The standard InChI is InChI=1S/C16H17ClFN3O3S2/c1-25-9-6-15(16(22)20-11-4-7-19-8-5-11)21-26(23,24)12-2-3-14(18)13(17)10-12/h2-5,7-8,10,15,21H,6,9H2,1H3,(H,19,20,22)/t15-/m1/s1. The quantitative estimate of drug-likeness (QED) is 0.689. The third-order valence-corrected chi connectivity index (χ3v) is 5.78. The Kier molecular flexibility index (Phi) is 7.39. The van der Waals surface area contributed by atoms with Gasteiger partial charge in [0.2, 0.25) is 15.9 Å². The SMILES string of the molecule is CSCC[C@@H](NS(=O)(=O)c1ccc(F)c(Cl)c1)C(=O)Nc1ccncc1. The first-order valence-corrected chi connectivity index (χ1v) is 10.8. The Morgan fingerprint density at radius 2 is 2.00 bits per heavy atom. The highest BCUT2D eigenvalue weighted by Crippen LogP contribution is 2.20. The van der Waals surface area contributed by atoms with Crippen LogP contribution in [0.4, 0.5) is 10.1 Å². The van der Waals surface area contributed by atoms with E-state index in [4.69, 9.17) is 11.6 Å². The lowest BCUT2D eigenvalue weighted by Crippen LogP contribution is -2.44. The number of amides is 1. The lowest BCUT2D eigenvalue weighted by molar-refractivity contribution is -0.117. The molecule has 2 rings (SSSR count). The molecule has 0 fully saturated rings. The summed E-state index contributed by atoms with van der Waals surface area (Å²) in [4.78, 5) is 16.1. The van der Waals surface area contributed by atoms with Crippen LogP contribution < -0.4 is 10.0 Å². The van der Waals surface area contributed by atoms with Crippen LogP contribution in [0.25, 0.3) is 0 Å². The molecule has 140 valence electrons. The Morgan fingerprint density at radius 3 is 2.62 bits per heavy atom. The molecule has 0 aliphatic heterocycles. The van der Waals surface area contributed by atoms with Gasteiger partial charge in [-0.3, -0.25) is 9.78 Å². The highest BCUT2D eigenvalue weighted by Gasteiger charge is 2.26. The van der Waals surface area contributed by atoms with Crippen molar-refractivity contribution in [3.05, 3.63) is 53.6 Å². The van der Waals surface area contributed by atoms with Crippen LogP contribution >= 0.6 is 23.4 Å². The average molecular weight is 418 g/mol. The van der Waals surface area contributed by atoms with Crippen molar-refractivity contribution < 1.29 is 17.6 Å². The van der Waals surface area contributed by atoms with Crippen molar-refractivity contribution in [2.24, 2.45) is 0 Å². The summed E-state index contributed by atoms with van der Waals surface area (Å²) in [6.45, 7) is 0. The molecule has 0 saturated carbocycles. The van der Waals surface area contributed by atoms with Gasteiger partial charge >= 0.3 is 0 Å². The van der Waals surface area contributed by atoms with Crippen molar-refractivity contribution in [1.29, 1.82) is 0 Å². The van der Waals surface area contributed by atoms with Crippen LogP contribution in [0.5, 0.6) is 0 Å². The summed E-state index contributed by atoms with van der Waals surface area (Å²) in [5.41, 5.74) is 0.503. The number of anilines is 1. The summed E-state index contributed by atoms with van der Waals surface area (Å²) < 4.78 is 40.7. The molecule has 0 aliphatic rings. The van der Waals surface area contributed by atoms with Gasteiger partial charge in [0.05, 0.1) is 9.92 Å². The number of hydrogen-bond acceptors (Lipinski definition) is 5. The number of benzene rings is 1. The second-order valence-corrected chi connectivity index (χ2v) is 8.36. The molecule has 2 N–H and O–H groups in total. The van der Waals surface area contributed by atoms with Gasteiger partial charge < -0.3 is 5.32 Å². The first kappa shape index (κ1) is 20.6. The van der Waals surface area contributed by atoms with E-state index in [-0.39, 0.29) is 16.3 Å². The molecular weight excluding hydrogens is 401 g/mol. The maximum Gasteiger partial charge on any atom is 0.242 e. The molecule has 0 unspecified atom stereocenters. The van der Waals surface area contributed by atoms with Gasteiger partial charge in [-0.15, -0.1) is 0 Å². The Balaban J connectivity index is 2.20. The van der Waals surface area contributed by atoms with E-state index in [1.807, 2.05) is 6.26 Å². The molecule has 10 heteroatoms. The predicted molar refractivity (Wildman–Crippen MR) is 101 cm³/mol. The average Bonchev–Trinajstić information content (AvgIpc) is 2.61. The molecule has 1 aromatic carbocycles. The van der Waals surface area contributed by atoms with E-state index in [2.05, 4.69) is 15.0 Å². The maximum atomic E-state index is 13.3. The zero-order chi connectivity index (χ0) is 19.2. The van der Waals surface area contributed by atoms with Crippen molar-refractivity contribution in [2.45, 2.75) is 17.4 Å². The fraction of sp³-hybridized carbons (Fsp3) is 0.250. The maximum absolute atomic E-state index is 13.3. The fourth-order valence-electron chi connectivity index (χ4n) is 2.04. The molecule has 2 aromatic rings. The number of thioether (sulfide) groups is 1. The number of carbonyl (C=O) groups excluding carboxylic acids is 1. The van der Waals surface area contributed by atoms with Crippen LogP contribution in [0.3, 0.4) is 0 Å². The minimum atomic E-state index is -4.05. The van der Waals surface area contributed by atoms with E-state index >= 15 is 0 Å². The predicted octanol–water partition coefficient (Wildman–Crippen LogP) is 2.91. The molecule has 1 heterocycles. The summed E-state index contributed by atoms with van der Waals surface area (Å²) in [6.07, 6.45) is 5.16. The van der Waals surface area contributed by atoms with E-state index < -0.39 is 27.8 Å². The van der Waals surface area contributed by atoms with E-state index in [0.717, 1.165) is 18.2 Å².